The highest BCUT2D eigenvalue weighted by atomic mass is 35.5. The van der Waals surface area contributed by atoms with Gasteiger partial charge in [0.1, 0.15) is 17.7 Å². The van der Waals surface area contributed by atoms with Crippen molar-refractivity contribution >= 4 is 18.1 Å². The van der Waals surface area contributed by atoms with Gasteiger partial charge >= 0.3 is 0 Å². The molecule has 0 amide bonds. The van der Waals surface area contributed by atoms with Gasteiger partial charge in [-0.1, -0.05) is 0 Å². The lowest BCUT2D eigenvalue weighted by atomic mass is 10.0. The summed E-state index contributed by atoms with van der Waals surface area (Å²) in [4.78, 5) is 2.33. The molecule has 1 N–H and O–H groups in total. The second kappa shape index (κ2) is 6.83. The summed E-state index contributed by atoms with van der Waals surface area (Å²) in [5, 5.41) is 3.44. The molecule has 0 unspecified atom stereocenters. The maximum Gasteiger partial charge on any atom is 0.146 e. The Hall–Kier alpha value is -1.04. The molecule has 0 aromatic heterocycles. The number of nitrogens with one attached hydrogen (secondary N) is 1. The van der Waals surface area contributed by atoms with E-state index in [1.54, 1.807) is 19.2 Å². The maximum absolute atomic E-state index is 14.2. The van der Waals surface area contributed by atoms with Crippen molar-refractivity contribution in [2.24, 2.45) is 0 Å². The zero-order valence-electron chi connectivity index (χ0n) is 13.4. The molecule has 0 bridgehead atoms. The van der Waals surface area contributed by atoms with E-state index < -0.39 is 0 Å². The summed E-state index contributed by atoms with van der Waals surface area (Å²) < 4.78 is 25.8. The van der Waals surface area contributed by atoms with Gasteiger partial charge in [-0.3, -0.25) is 0 Å². The van der Waals surface area contributed by atoms with Gasteiger partial charge in [0.05, 0.1) is 12.3 Å². The van der Waals surface area contributed by atoms with Gasteiger partial charge in [0.25, 0.3) is 0 Å². The summed E-state index contributed by atoms with van der Waals surface area (Å²) in [6.45, 7) is 3.32. The van der Waals surface area contributed by atoms with Crippen molar-refractivity contribution in [3.63, 3.8) is 0 Å². The van der Waals surface area contributed by atoms with E-state index in [1.165, 1.54) is 0 Å². The Kier molecular flexibility index (Phi) is 4.99. The molecule has 2 aliphatic heterocycles. The topological polar surface area (TPSA) is 33.7 Å². The summed E-state index contributed by atoms with van der Waals surface area (Å²) >= 11 is 0. The zero-order chi connectivity index (χ0) is 15.1. The minimum atomic E-state index is -0.147. The number of ether oxygens (including phenoxy) is 2. The first-order valence-electron chi connectivity index (χ1n) is 8.22. The van der Waals surface area contributed by atoms with Crippen LogP contribution >= 0.6 is 12.4 Å². The third-order valence-electron chi connectivity index (χ3n) is 4.91. The highest BCUT2D eigenvalue weighted by Gasteiger charge is 2.36. The number of rotatable bonds is 3. The van der Waals surface area contributed by atoms with Crippen molar-refractivity contribution in [2.75, 3.05) is 38.3 Å². The molecule has 23 heavy (non-hydrogen) atoms. The average molecular weight is 343 g/mol. The molecule has 6 heteroatoms. The molecule has 4 rings (SSSR count). The van der Waals surface area contributed by atoms with Crippen LogP contribution in [0.4, 0.5) is 10.1 Å². The molecule has 0 radical (unpaired) electrons. The minimum absolute atomic E-state index is 0. The number of fused-ring (bicyclic) bond motifs is 3. The molecule has 2 heterocycles. The summed E-state index contributed by atoms with van der Waals surface area (Å²) in [6.07, 6.45) is 3.21. The average Bonchev–Trinajstić information content (AvgIpc) is 3.34. The smallest absolute Gasteiger partial charge is 0.146 e. The quantitative estimate of drug-likeness (QED) is 0.915. The Morgan fingerprint density at radius 1 is 1.39 bits per heavy atom. The Labute approximate surface area is 142 Å². The van der Waals surface area contributed by atoms with Crippen LogP contribution in [0.5, 0.6) is 5.75 Å². The third kappa shape index (κ3) is 3.28. The normalized spacial score (nSPS) is 26.4. The van der Waals surface area contributed by atoms with Gasteiger partial charge in [0, 0.05) is 50.8 Å². The van der Waals surface area contributed by atoms with Crippen LogP contribution in [0.2, 0.25) is 0 Å². The van der Waals surface area contributed by atoms with Crippen molar-refractivity contribution < 1.29 is 13.9 Å². The number of piperazine rings is 1. The number of halogens is 2. The van der Waals surface area contributed by atoms with E-state index in [-0.39, 0.29) is 24.3 Å². The lowest BCUT2D eigenvalue weighted by Gasteiger charge is -2.37. The highest BCUT2D eigenvalue weighted by molar-refractivity contribution is 5.85. The Balaban J connectivity index is 0.00000156. The predicted molar refractivity (Wildman–Crippen MR) is 90.5 cm³/mol. The summed E-state index contributed by atoms with van der Waals surface area (Å²) in [6, 6.07) is 3.65. The second-order valence-electron chi connectivity index (χ2n) is 6.60. The van der Waals surface area contributed by atoms with E-state index in [2.05, 4.69) is 10.2 Å². The van der Waals surface area contributed by atoms with Crippen LogP contribution < -0.4 is 15.0 Å². The molecule has 128 valence electrons. The number of anilines is 1. The fourth-order valence-electron chi connectivity index (χ4n) is 3.73. The van der Waals surface area contributed by atoms with Crippen molar-refractivity contribution in [1.29, 1.82) is 0 Å². The number of hydrogen-bond acceptors (Lipinski definition) is 4. The van der Waals surface area contributed by atoms with Gasteiger partial charge in [0.15, 0.2) is 0 Å². The fraction of sp³-hybridized carbons (Fsp3) is 0.647. The maximum atomic E-state index is 14.2. The third-order valence-corrected chi connectivity index (χ3v) is 4.91. The van der Waals surface area contributed by atoms with Crippen molar-refractivity contribution in [3.05, 3.63) is 23.5 Å². The predicted octanol–water partition coefficient (Wildman–Crippen LogP) is 2.70. The van der Waals surface area contributed by atoms with E-state index in [9.17, 15) is 4.39 Å². The van der Waals surface area contributed by atoms with E-state index in [4.69, 9.17) is 9.47 Å². The van der Waals surface area contributed by atoms with Crippen LogP contribution in [0.3, 0.4) is 0 Å². The molecule has 2 atom stereocenters. The van der Waals surface area contributed by atoms with E-state index in [0.717, 1.165) is 55.9 Å². The molecule has 1 aliphatic carbocycles. The SMILES string of the molecule is COC[C@@H]1C[C@@H]2CNCCN2c2cc(F)cc(C3CC3)c2O1.Cl. The standard InChI is InChI=1S/C17H23FN2O2.ClH/c1-21-10-14-8-13-9-19-4-5-20(13)16-7-12(18)6-15(11-2-3-11)17(16)22-14;/h6-7,11,13-14,19H,2-5,8-10H2,1H3;1H/t13-,14+;/m1./s1. The molecular formula is C17H24ClFN2O2. The molecule has 3 aliphatic rings. The number of methoxy groups -OCH3 is 1. The molecule has 2 fully saturated rings. The van der Waals surface area contributed by atoms with E-state index in [1.807, 2.05) is 0 Å². The first-order valence-corrected chi connectivity index (χ1v) is 8.22. The monoisotopic (exact) mass is 342 g/mol. The zero-order valence-corrected chi connectivity index (χ0v) is 14.2. The summed E-state index contributed by atoms with van der Waals surface area (Å²) in [5.74, 6) is 1.22. The lowest BCUT2D eigenvalue weighted by Crippen LogP contribution is -2.52. The highest BCUT2D eigenvalue weighted by Crippen LogP contribution is 2.49. The van der Waals surface area contributed by atoms with Gasteiger partial charge in [-0.2, -0.15) is 0 Å². The van der Waals surface area contributed by atoms with E-state index in [0.29, 0.717) is 18.6 Å². The molecule has 1 saturated heterocycles. The molecule has 4 nitrogen and oxygen atoms in total. The second-order valence-corrected chi connectivity index (χ2v) is 6.60. The minimum Gasteiger partial charge on any atom is -0.485 e. The van der Waals surface area contributed by atoms with Crippen LogP contribution in [-0.2, 0) is 4.74 Å². The van der Waals surface area contributed by atoms with Crippen molar-refractivity contribution in [3.8, 4) is 5.75 Å². The first-order chi connectivity index (χ1) is 10.8. The van der Waals surface area contributed by atoms with Gasteiger partial charge < -0.3 is 19.7 Å². The van der Waals surface area contributed by atoms with Crippen LogP contribution in [-0.4, -0.2) is 45.5 Å². The lowest BCUT2D eigenvalue weighted by molar-refractivity contribution is 0.0739. The molecular weight excluding hydrogens is 319 g/mol. The van der Waals surface area contributed by atoms with Gasteiger partial charge in [-0.15, -0.1) is 12.4 Å². The molecule has 1 saturated carbocycles. The summed E-state index contributed by atoms with van der Waals surface area (Å²) in [7, 11) is 1.71. The van der Waals surface area contributed by atoms with Crippen molar-refractivity contribution in [1.82, 2.24) is 5.32 Å². The van der Waals surface area contributed by atoms with Crippen LogP contribution in [0, 0.1) is 5.82 Å². The van der Waals surface area contributed by atoms with Gasteiger partial charge in [-0.25, -0.2) is 4.39 Å². The van der Waals surface area contributed by atoms with E-state index >= 15 is 0 Å². The number of nitrogens with zero attached hydrogens (tertiary/aromatic N) is 1. The largest absolute Gasteiger partial charge is 0.485 e. The molecule has 0 spiro atoms. The van der Waals surface area contributed by atoms with Gasteiger partial charge in [0.2, 0.25) is 0 Å². The first kappa shape index (κ1) is 16.8. The van der Waals surface area contributed by atoms with Crippen molar-refractivity contribution in [2.45, 2.75) is 37.3 Å². The van der Waals surface area contributed by atoms with Crippen LogP contribution in [0.25, 0.3) is 0 Å². The summed E-state index contributed by atoms with van der Waals surface area (Å²) in [5.41, 5.74) is 1.99. The Morgan fingerprint density at radius 2 is 2.22 bits per heavy atom. The Morgan fingerprint density at radius 3 is 2.96 bits per heavy atom. The van der Waals surface area contributed by atoms with Crippen LogP contribution in [0.1, 0.15) is 30.7 Å². The number of benzene rings is 1. The molecule has 1 aromatic carbocycles. The van der Waals surface area contributed by atoms with Crippen LogP contribution in [0.15, 0.2) is 12.1 Å². The fourth-order valence-corrected chi connectivity index (χ4v) is 3.73. The number of hydrogen-bond donors (Lipinski definition) is 1. The van der Waals surface area contributed by atoms with Gasteiger partial charge in [-0.05, 0) is 24.8 Å². The Bertz CT molecular complexity index is 568. The molecule has 1 aromatic rings.